The largest absolute Gasteiger partial charge is 0.370 e. The number of piperazine rings is 1. The molecule has 1 amide bonds. The molecule has 0 aliphatic carbocycles. The number of Topliss-reactive ketones (excluding diaryl/α,β-unsaturated/α-hetero) is 1. The van der Waals surface area contributed by atoms with Gasteiger partial charge in [0.15, 0.2) is 0 Å². The third-order valence-corrected chi connectivity index (χ3v) is 6.42. The van der Waals surface area contributed by atoms with E-state index in [1.54, 1.807) is 32.1 Å². The van der Waals surface area contributed by atoms with Crippen molar-refractivity contribution in [3.05, 3.63) is 53.5 Å². The molecule has 2 heterocycles. The molecule has 0 spiro atoms. The fraction of sp³-hybridized carbons (Fsp3) is 0.481. The van der Waals surface area contributed by atoms with Crippen LogP contribution < -0.4 is 5.32 Å². The number of anilines is 1. The van der Waals surface area contributed by atoms with Gasteiger partial charge in [-0.2, -0.15) is 0 Å². The molecule has 188 valence electrons. The molecule has 35 heavy (non-hydrogen) atoms. The lowest BCUT2D eigenvalue weighted by molar-refractivity contribution is -0.115. The highest BCUT2D eigenvalue weighted by Gasteiger charge is 2.25. The van der Waals surface area contributed by atoms with Gasteiger partial charge >= 0.3 is 0 Å². The molecular weight excluding hydrogens is 440 g/mol. The number of allylic oxidation sites excluding steroid dienone is 2. The van der Waals surface area contributed by atoms with Crippen LogP contribution in [0.25, 0.3) is 0 Å². The van der Waals surface area contributed by atoms with E-state index in [0.29, 0.717) is 18.5 Å². The summed E-state index contributed by atoms with van der Waals surface area (Å²) >= 11 is 0. The van der Waals surface area contributed by atoms with Gasteiger partial charge in [0, 0.05) is 82.3 Å². The van der Waals surface area contributed by atoms with E-state index in [1.165, 1.54) is 5.70 Å². The molecule has 8 heteroatoms. The maximum atomic E-state index is 12.6. The number of hydrogen-bond acceptors (Lipinski definition) is 7. The van der Waals surface area contributed by atoms with Crippen molar-refractivity contribution in [3.63, 3.8) is 0 Å². The van der Waals surface area contributed by atoms with Crippen LogP contribution in [0.15, 0.2) is 52.4 Å². The Balaban J connectivity index is 1.56. The van der Waals surface area contributed by atoms with Crippen molar-refractivity contribution >= 4 is 28.8 Å². The highest BCUT2D eigenvalue weighted by molar-refractivity contribution is 6.09. The van der Waals surface area contributed by atoms with Crippen LogP contribution in [-0.4, -0.2) is 91.2 Å². The zero-order valence-electron chi connectivity index (χ0n) is 21.7. The maximum absolute atomic E-state index is 12.6. The third-order valence-electron chi connectivity index (χ3n) is 6.42. The summed E-state index contributed by atoms with van der Waals surface area (Å²) in [6.07, 6.45) is 2.84. The van der Waals surface area contributed by atoms with E-state index in [4.69, 9.17) is 4.99 Å². The standard InChI is InChI=1S/C27H38N6O2/c1-7-28-26-23(9-8-10-24(26)27(35)31(5)6)20(3)29-11-12-32-13-15-33(16-14-32)25-18-22(17-19(2)34)30-21(25)4/h7-10,28H,1,11-18H2,2-6H3. The molecule has 0 radical (unpaired) electrons. The Labute approximate surface area is 209 Å². The summed E-state index contributed by atoms with van der Waals surface area (Å²) < 4.78 is 0. The maximum Gasteiger partial charge on any atom is 0.255 e. The first-order chi connectivity index (χ1) is 16.7. The van der Waals surface area contributed by atoms with Crippen LogP contribution in [0.1, 0.15) is 49.5 Å². The van der Waals surface area contributed by atoms with Gasteiger partial charge in [-0.1, -0.05) is 18.7 Å². The lowest BCUT2D eigenvalue weighted by atomic mass is 10.0. The molecule has 1 fully saturated rings. The van der Waals surface area contributed by atoms with Gasteiger partial charge in [-0.3, -0.25) is 24.5 Å². The van der Waals surface area contributed by atoms with Crippen LogP contribution >= 0.6 is 0 Å². The van der Waals surface area contributed by atoms with Gasteiger partial charge in [0.1, 0.15) is 5.78 Å². The lowest BCUT2D eigenvalue weighted by Crippen LogP contribution is -2.46. The number of carbonyl (C=O) groups is 2. The van der Waals surface area contributed by atoms with Crippen molar-refractivity contribution in [1.82, 2.24) is 14.7 Å². The number of benzene rings is 1. The SMILES string of the molecule is C=CNc1c(C(=O)N(C)C)cccc1C(C)=NCCN1CCN(C2=C(C)N=C(CC(C)=O)C2)CC1. The molecule has 8 nitrogen and oxygen atoms in total. The third kappa shape index (κ3) is 6.66. The minimum Gasteiger partial charge on any atom is -0.370 e. The average Bonchev–Trinajstić information content (AvgIpc) is 3.18. The Morgan fingerprint density at radius 3 is 2.49 bits per heavy atom. The summed E-state index contributed by atoms with van der Waals surface area (Å²) in [7, 11) is 3.49. The summed E-state index contributed by atoms with van der Waals surface area (Å²) in [5.74, 6) is 0.107. The molecule has 1 aromatic carbocycles. The van der Waals surface area contributed by atoms with Crippen molar-refractivity contribution in [2.45, 2.75) is 33.6 Å². The van der Waals surface area contributed by atoms with E-state index in [2.05, 4.69) is 26.7 Å². The van der Waals surface area contributed by atoms with Gasteiger partial charge in [-0.25, -0.2) is 0 Å². The van der Waals surface area contributed by atoms with E-state index < -0.39 is 0 Å². The minimum atomic E-state index is -0.0618. The summed E-state index contributed by atoms with van der Waals surface area (Å²) in [6.45, 7) is 14.9. The summed E-state index contributed by atoms with van der Waals surface area (Å²) in [5.41, 5.74) is 6.44. The van der Waals surface area contributed by atoms with Crippen LogP contribution in [0.2, 0.25) is 0 Å². The molecule has 1 aromatic rings. The minimum absolute atomic E-state index is 0.0618. The smallest absolute Gasteiger partial charge is 0.255 e. The van der Waals surface area contributed by atoms with Crippen LogP contribution in [-0.2, 0) is 4.79 Å². The van der Waals surface area contributed by atoms with Crippen LogP contribution in [0.3, 0.4) is 0 Å². The fourth-order valence-electron chi connectivity index (χ4n) is 4.61. The molecule has 1 N–H and O–H groups in total. The van der Waals surface area contributed by atoms with Crippen LogP contribution in [0, 0.1) is 0 Å². The van der Waals surface area contributed by atoms with Gasteiger partial charge in [0.05, 0.1) is 23.5 Å². The van der Waals surface area contributed by atoms with E-state index in [-0.39, 0.29) is 11.7 Å². The number of nitrogens with zero attached hydrogens (tertiary/aromatic N) is 5. The van der Waals surface area contributed by atoms with Crippen molar-refractivity contribution in [1.29, 1.82) is 0 Å². The fourth-order valence-corrected chi connectivity index (χ4v) is 4.61. The average molecular weight is 479 g/mol. The molecule has 0 unspecified atom stereocenters. The van der Waals surface area contributed by atoms with Gasteiger partial charge in [0.25, 0.3) is 5.91 Å². The number of aliphatic imine (C=N–C) groups is 2. The highest BCUT2D eigenvalue weighted by Crippen LogP contribution is 2.26. The molecule has 0 aromatic heterocycles. The molecule has 2 aliphatic heterocycles. The molecule has 3 rings (SSSR count). The Morgan fingerprint density at radius 1 is 1.17 bits per heavy atom. The van der Waals surface area contributed by atoms with Crippen LogP contribution in [0.5, 0.6) is 0 Å². The summed E-state index contributed by atoms with van der Waals surface area (Å²) in [4.78, 5) is 39.9. The van der Waals surface area contributed by atoms with E-state index in [0.717, 1.165) is 67.5 Å². The van der Waals surface area contributed by atoms with E-state index in [1.807, 2.05) is 32.0 Å². The van der Waals surface area contributed by atoms with Crippen molar-refractivity contribution in [2.75, 3.05) is 58.7 Å². The second-order valence-electron chi connectivity index (χ2n) is 9.34. The van der Waals surface area contributed by atoms with Crippen LogP contribution in [0.4, 0.5) is 5.69 Å². The predicted octanol–water partition coefficient (Wildman–Crippen LogP) is 3.43. The number of nitrogens with one attached hydrogen (secondary N) is 1. The Hall–Kier alpha value is -3.26. The summed E-state index contributed by atoms with van der Waals surface area (Å²) in [5, 5.41) is 3.14. The Kier molecular flexibility index (Phi) is 8.98. The monoisotopic (exact) mass is 478 g/mol. The Morgan fingerprint density at radius 2 is 1.86 bits per heavy atom. The molecular formula is C27H38N6O2. The molecule has 2 aliphatic rings. The molecule has 0 bridgehead atoms. The first kappa shape index (κ1) is 26.3. The molecule has 0 atom stereocenters. The van der Waals surface area contributed by atoms with Gasteiger partial charge in [0.2, 0.25) is 0 Å². The number of hydrogen-bond donors (Lipinski definition) is 1. The zero-order chi connectivity index (χ0) is 25.5. The predicted molar refractivity (Wildman–Crippen MR) is 143 cm³/mol. The number of para-hydroxylation sites is 1. The zero-order valence-corrected chi connectivity index (χ0v) is 21.7. The van der Waals surface area contributed by atoms with Gasteiger partial charge < -0.3 is 15.1 Å². The Bertz CT molecular complexity index is 1060. The highest BCUT2D eigenvalue weighted by atomic mass is 16.2. The number of ketones is 1. The quantitative estimate of drug-likeness (QED) is 0.521. The molecule has 0 saturated carbocycles. The molecule has 1 saturated heterocycles. The first-order valence-electron chi connectivity index (χ1n) is 12.2. The van der Waals surface area contributed by atoms with Crippen molar-refractivity contribution in [3.8, 4) is 0 Å². The second-order valence-corrected chi connectivity index (χ2v) is 9.34. The van der Waals surface area contributed by atoms with Gasteiger partial charge in [-0.15, -0.1) is 0 Å². The topological polar surface area (TPSA) is 80.6 Å². The number of carbonyl (C=O) groups excluding carboxylic acids is 2. The summed E-state index contributed by atoms with van der Waals surface area (Å²) in [6, 6.07) is 5.69. The van der Waals surface area contributed by atoms with E-state index in [9.17, 15) is 9.59 Å². The first-order valence-corrected chi connectivity index (χ1v) is 12.2. The normalized spacial score (nSPS) is 16.9. The second kappa shape index (κ2) is 11.9. The number of amides is 1. The number of rotatable bonds is 10. The van der Waals surface area contributed by atoms with Crippen molar-refractivity contribution < 1.29 is 9.59 Å². The lowest BCUT2D eigenvalue weighted by Gasteiger charge is -2.36. The van der Waals surface area contributed by atoms with Gasteiger partial charge in [-0.05, 0) is 33.0 Å². The van der Waals surface area contributed by atoms with E-state index >= 15 is 0 Å². The van der Waals surface area contributed by atoms with Crippen molar-refractivity contribution in [2.24, 2.45) is 9.98 Å².